The average Bonchev–Trinajstić information content (AvgIpc) is 3.13. The van der Waals surface area contributed by atoms with Crippen LogP contribution in [0, 0.1) is 11.3 Å². The predicted molar refractivity (Wildman–Crippen MR) is 84.7 cm³/mol. The zero-order chi connectivity index (χ0) is 16.8. The first-order chi connectivity index (χ1) is 11.8. The summed E-state index contributed by atoms with van der Waals surface area (Å²) in [5.74, 6) is -0.185. The van der Waals surface area contributed by atoms with E-state index in [4.69, 9.17) is 9.78 Å². The van der Waals surface area contributed by atoms with Crippen molar-refractivity contribution < 1.29 is 9.32 Å². The number of rotatable bonds is 5. The molecule has 2 aromatic heterocycles. The van der Waals surface area contributed by atoms with Gasteiger partial charge in [0.05, 0.1) is 11.6 Å². The summed E-state index contributed by atoms with van der Waals surface area (Å²) in [7, 11) is 0. The number of amides is 1. The zero-order valence-electron chi connectivity index (χ0n) is 12.6. The Bertz CT molecular complexity index is 866. The van der Waals surface area contributed by atoms with E-state index < -0.39 is 5.91 Å². The highest BCUT2D eigenvalue weighted by Crippen LogP contribution is 2.17. The minimum atomic E-state index is -0.396. The molecule has 0 spiro atoms. The molecule has 0 aliphatic heterocycles. The molecule has 0 radical (unpaired) electrons. The summed E-state index contributed by atoms with van der Waals surface area (Å²) in [5, 5.41) is 15.2. The molecule has 2 heterocycles. The van der Waals surface area contributed by atoms with E-state index in [0.717, 1.165) is 5.56 Å². The molecule has 118 valence electrons. The smallest absolute Gasteiger partial charge is 0.292 e. The summed E-state index contributed by atoms with van der Waals surface area (Å²) in [6, 6.07) is 12.5. The summed E-state index contributed by atoms with van der Waals surface area (Å²) in [4.78, 5) is 20.0. The van der Waals surface area contributed by atoms with Crippen molar-refractivity contribution in [2.45, 2.75) is 6.42 Å². The fourth-order valence-corrected chi connectivity index (χ4v) is 2.07. The monoisotopic (exact) mass is 319 g/mol. The Morgan fingerprint density at radius 2 is 1.92 bits per heavy atom. The van der Waals surface area contributed by atoms with E-state index in [-0.39, 0.29) is 11.7 Å². The van der Waals surface area contributed by atoms with Crippen molar-refractivity contribution in [1.82, 2.24) is 20.4 Å². The van der Waals surface area contributed by atoms with E-state index >= 15 is 0 Å². The molecule has 0 aliphatic carbocycles. The molecule has 7 heteroatoms. The van der Waals surface area contributed by atoms with Gasteiger partial charge in [0.2, 0.25) is 0 Å². The first-order valence-corrected chi connectivity index (χ1v) is 7.27. The van der Waals surface area contributed by atoms with Crippen LogP contribution >= 0.6 is 0 Å². The Morgan fingerprint density at radius 1 is 1.17 bits per heavy atom. The summed E-state index contributed by atoms with van der Waals surface area (Å²) in [5.41, 5.74) is 2.27. The molecular weight excluding hydrogens is 306 g/mol. The molecule has 24 heavy (non-hydrogen) atoms. The van der Waals surface area contributed by atoms with Gasteiger partial charge in [-0.25, -0.2) is 0 Å². The molecule has 1 amide bonds. The Balaban J connectivity index is 1.60. The molecule has 1 aromatic carbocycles. The quantitative estimate of drug-likeness (QED) is 0.771. The van der Waals surface area contributed by atoms with Gasteiger partial charge in [-0.05, 0) is 48.4 Å². The van der Waals surface area contributed by atoms with Crippen LogP contribution < -0.4 is 5.32 Å². The van der Waals surface area contributed by atoms with Crippen molar-refractivity contribution in [2.24, 2.45) is 0 Å². The van der Waals surface area contributed by atoms with Crippen LogP contribution in [-0.4, -0.2) is 27.6 Å². The summed E-state index contributed by atoms with van der Waals surface area (Å²) in [6.07, 6.45) is 4.11. The Labute approximate surface area is 138 Å². The van der Waals surface area contributed by atoms with Gasteiger partial charge < -0.3 is 9.84 Å². The fraction of sp³-hybridized carbons (Fsp3) is 0.118. The van der Waals surface area contributed by atoms with E-state index in [2.05, 4.69) is 20.4 Å². The first-order valence-electron chi connectivity index (χ1n) is 7.27. The van der Waals surface area contributed by atoms with Crippen molar-refractivity contribution >= 4 is 5.91 Å². The molecule has 0 atom stereocenters. The molecule has 1 N–H and O–H groups in total. The number of aromatic nitrogens is 3. The third kappa shape index (κ3) is 3.62. The SMILES string of the molecule is N#Cc1ccc(-c2nc(C(=O)NCCc3ccncc3)no2)cc1. The number of nitrogens with zero attached hydrogens (tertiary/aromatic N) is 4. The number of nitrogens with one attached hydrogen (secondary N) is 1. The van der Waals surface area contributed by atoms with Crippen molar-refractivity contribution in [2.75, 3.05) is 6.54 Å². The van der Waals surface area contributed by atoms with Crippen LogP contribution in [0.4, 0.5) is 0 Å². The molecule has 3 rings (SSSR count). The van der Waals surface area contributed by atoms with Gasteiger partial charge >= 0.3 is 0 Å². The van der Waals surface area contributed by atoms with Crippen LogP contribution in [0.3, 0.4) is 0 Å². The maximum atomic E-state index is 12.0. The number of hydrogen-bond donors (Lipinski definition) is 1. The Morgan fingerprint density at radius 3 is 2.62 bits per heavy atom. The van der Waals surface area contributed by atoms with Gasteiger partial charge in [-0.15, -0.1) is 0 Å². The second kappa shape index (κ2) is 7.15. The average molecular weight is 319 g/mol. The van der Waals surface area contributed by atoms with Crippen LogP contribution in [0.5, 0.6) is 0 Å². The third-order valence-corrected chi connectivity index (χ3v) is 3.34. The minimum absolute atomic E-state index is 0.0240. The predicted octanol–water partition coefficient (Wildman–Crippen LogP) is 1.98. The van der Waals surface area contributed by atoms with Gasteiger partial charge in [-0.3, -0.25) is 9.78 Å². The number of hydrogen-bond acceptors (Lipinski definition) is 6. The molecule has 0 saturated heterocycles. The minimum Gasteiger partial charge on any atom is -0.349 e. The van der Waals surface area contributed by atoms with Gasteiger partial charge in [-0.2, -0.15) is 10.2 Å². The highest BCUT2D eigenvalue weighted by molar-refractivity contribution is 5.90. The highest BCUT2D eigenvalue weighted by Gasteiger charge is 2.15. The summed E-state index contributed by atoms with van der Waals surface area (Å²) in [6.45, 7) is 0.462. The van der Waals surface area contributed by atoms with E-state index in [1.165, 1.54) is 0 Å². The number of carbonyl (C=O) groups is 1. The van der Waals surface area contributed by atoms with Gasteiger partial charge in [0.1, 0.15) is 0 Å². The topological polar surface area (TPSA) is 105 Å². The van der Waals surface area contributed by atoms with Crippen LogP contribution in [0.25, 0.3) is 11.5 Å². The van der Waals surface area contributed by atoms with Gasteiger partial charge in [0.15, 0.2) is 0 Å². The zero-order valence-corrected chi connectivity index (χ0v) is 12.6. The number of nitriles is 1. The lowest BCUT2D eigenvalue weighted by molar-refractivity contribution is 0.0941. The molecule has 0 fully saturated rings. The van der Waals surface area contributed by atoms with Crippen molar-refractivity contribution in [3.63, 3.8) is 0 Å². The second-order valence-corrected chi connectivity index (χ2v) is 4.97. The molecule has 0 aliphatic rings. The van der Waals surface area contributed by atoms with Crippen LogP contribution in [0.1, 0.15) is 21.7 Å². The molecule has 0 unspecified atom stereocenters. The van der Waals surface area contributed by atoms with Gasteiger partial charge in [0.25, 0.3) is 17.6 Å². The molecule has 7 nitrogen and oxygen atoms in total. The molecule has 0 saturated carbocycles. The second-order valence-electron chi connectivity index (χ2n) is 4.97. The van der Waals surface area contributed by atoms with E-state index in [9.17, 15) is 4.79 Å². The van der Waals surface area contributed by atoms with Crippen molar-refractivity contribution in [3.05, 3.63) is 65.7 Å². The van der Waals surface area contributed by atoms with E-state index in [0.29, 0.717) is 24.1 Å². The standard InChI is InChI=1S/C17H13N5O2/c18-11-13-1-3-14(4-2-13)17-21-15(22-24-17)16(23)20-10-7-12-5-8-19-9-6-12/h1-6,8-9H,7,10H2,(H,20,23). The lowest BCUT2D eigenvalue weighted by atomic mass is 10.1. The Hall–Kier alpha value is -3.53. The van der Waals surface area contributed by atoms with Crippen LogP contribution in [0.2, 0.25) is 0 Å². The maximum absolute atomic E-state index is 12.0. The molecular formula is C17H13N5O2. The lowest BCUT2D eigenvalue weighted by Crippen LogP contribution is -2.26. The fourth-order valence-electron chi connectivity index (χ4n) is 2.07. The largest absolute Gasteiger partial charge is 0.349 e. The number of pyridine rings is 1. The third-order valence-electron chi connectivity index (χ3n) is 3.34. The van der Waals surface area contributed by atoms with Gasteiger partial charge in [0, 0.05) is 24.5 Å². The van der Waals surface area contributed by atoms with E-state index in [1.807, 2.05) is 18.2 Å². The Kier molecular flexibility index (Phi) is 4.58. The highest BCUT2D eigenvalue weighted by atomic mass is 16.5. The number of benzene rings is 1. The normalized spacial score (nSPS) is 10.1. The van der Waals surface area contributed by atoms with Crippen molar-refractivity contribution in [3.8, 4) is 17.5 Å². The maximum Gasteiger partial charge on any atom is 0.292 e. The van der Waals surface area contributed by atoms with Crippen molar-refractivity contribution in [1.29, 1.82) is 5.26 Å². The summed E-state index contributed by atoms with van der Waals surface area (Å²) >= 11 is 0. The summed E-state index contributed by atoms with van der Waals surface area (Å²) < 4.78 is 5.10. The van der Waals surface area contributed by atoms with Crippen LogP contribution in [-0.2, 0) is 6.42 Å². The molecule has 0 bridgehead atoms. The van der Waals surface area contributed by atoms with E-state index in [1.54, 1.807) is 36.7 Å². The number of carbonyl (C=O) groups excluding carboxylic acids is 1. The van der Waals surface area contributed by atoms with Crippen LogP contribution in [0.15, 0.2) is 53.3 Å². The first kappa shape index (κ1) is 15.4. The van der Waals surface area contributed by atoms with Gasteiger partial charge in [-0.1, -0.05) is 5.16 Å². The lowest BCUT2D eigenvalue weighted by Gasteiger charge is -2.02. The molecule has 3 aromatic rings.